The van der Waals surface area contributed by atoms with E-state index in [1.165, 1.54) is 16.5 Å². The lowest BCUT2D eigenvalue weighted by Crippen LogP contribution is -2.42. The summed E-state index contributed by atoms with van der Waals surface area (Å²) in [4.78, 5) is 25.0. The molecule has 4 atom stereocenters. The molecule has 3 aromatic rings. The average Bonchev–Trinajstić information content (AvgIpc) is 3.31. The van der Waals surface area contributed by atoms with Crippen molar-refractivity contribution in [3.8, 4) is 0 Å². The third-order valence-electron chi connectivity index (χ3n) is 5.11. The number of imidazole rings is 1. The second-order valence-corrected chi connectivity index (χ2v) is 7.24. The minimum atomic E-state index is -1.39. The van der Waals surface area contributed by atoms with Gasteiger partial charge in [0.05, 0.1) is 6.33 Å². The van der Waals surface area contributed by atoms with Gasteiger partial charge in [-0.25, -0.2) is 4.98 Å². The maximum absolute atomic E-state index is 12.1. The summed E-state index contributed by atoms with van der Waals surface area (Å²) in [6.45, 7) is 2.72. The van der Waals surface area contributed by atoms with Gasteiger partial charge in [0.25, 0.3) is 5.91 Å². The third kappa shape index (κ3) is 4.15. The van der Waals surface area contributed by atoms with Gasteiger partial charge in [-0.3, -0.25) is 9.36 Å². The number of aromatic nitrogens is 4. The summed E-state index contributed by atoms with van der Waals surface area (Å²) in [6, 6.07) is 9.98. The Morgan fingerprint density at radius 1 is 1.23 bits per heavy atom. The maximum Gasteiger partial charge on any atom is 0.252 e. The molecule has 0 bridgehead atoms. The van der Waals surface area contributed by atoms with Gasteiger partial charge in [-0.2, -0.15) is 9.97 Å². The Bertz CT molecular complexity index is 1060. The molecule has 0 saturated carbocycles. The zero-order chi connectivity index (χ0) is 22.0. The van der Waals surface area contributed by atoms with E-state index in [0.29, 0.717) is 30.2 Å². The molecule has 0 aliphatic carbocycles. The first-order valence-electron chi connectivity index (χ1n) is 10.1. The fraction of sp³-hybridized carbons (Fsp3) is 0.400. The van der Waals surface area contributed by atoms with E-state index in [-0.39, 0.29) is 5.82 Å². The predicted molar refractivity (Wildman–Crippen MR) is 113 cm³/mol. The second-order valence-electron chi connectivity index (χ2n) is 7.24. The van der Waals surface area contributed by atoms with Gasteiger partial charge >= 0.3 is 0 Å². The molecule has 4 rings (SSSR count). The van der Waals surface area contributed by atoms with Crippen LogP contribution < -0.4 is 16.4 Å². The molecule has 0 spiro atoms. The Hall–Kier alpha value is -3.28. The van der Waals surface area contributed by atoms with Crippen LogP contribution in [-0.2, 0) is 16.0 Å². The van der Waals surface area contributed by atoms with Crippen molar-refractivity contribution in [1.29, 1.82) is 0 Å². The zero-order valence-electron chi connectivity index (χ0n) is 17.0. The Balaban J connectivity index is 1.55. The molecule has 11 nitrogen and oxygen atoms in total. The number of amides is 1. The van der Waals surface area contributed by atoms with Gasteiger partial charge in [-0.1, -0.05) is 30.3 Å². The van der Waals surface area contributed by atoms with Crippen molar-refractivity contribution in [2.45, 2.75) is 37.9 Å². The average molecular weight is 427 g/mol. The number of hydrogen-bond acceptors (Lipinski definition) is 9. The number of hydrogen-bond donors (Lipinski definition) is 5. The number of aliphatic hydroxyl groups excluding tert-OH is 2. The highest BCUT2D eigenvalue weighted by Crippen LogP contribution is 2.32. The van der Waals surface area contributed by atoms with Crippen LogP contribution in [0, 0.1) is 0 Å². The Morgan fingerprint density at radius 3 is 2.74 bits per heavy atom. The largest absolute Gasteiger partial charge is 0.387 e. The topological polar surface area (TPSA) is 160 Å². The number of nitrogens with two attached hydrogens (primary N) is 1. The number of benzene rings is 1. The minimum absolute atomic E-state index is 0.166. The number of carbonyl (C=O) groups excluding carboxylic acids is 1. The lowest BCUT2D eigenvalue weighted by molar-refractivity contribution is -0.137. The van der Waals surface area contributed by atoms with Crippen LogP contribution in [-0.4, -0.2) is 67.0 Å². The van der Waals surface area contributed by atoms with Crippen molar-refractivity contribution in [3.63, 3.8) is 0 Å². The van der Waals surface area contributed by atoms with E-state index in [4.69, 9.17) is 10.5 Å². The molecule has 6 N–H and O–H groups in total. The van der Waals surface area contributed by atoms with Crippen LogP contribution in [0.1, 0.15) is 18.7 Å². The second kappa shape index (κ2) is 8.84. The summed E-state index contributed by atoms with van der Waals surface area (Å²) in [5.41, 5.74) is 7.87. The van der Waals surface area contributed by atoms with Gasteiger partial charge in [0.2, 0.25) is 5.95 Å². The van der Waals surface area contributed by atoms with Crippen LogP contribution in [0.3, 0.4) is 0 Å². The SMILES string of the molecule is CCNC(=O)[C@H]1OC(n2cnc3c(N)nc(NCCc4ccccc4)nc32)[C@H](O)[C@@H]1O. The summed E-state index contributed by atoms with van der Waals surface area (Å²) in [5.74, 6) is -0.0337. The summed E-state index contributed by atoms with van der Waals surface area (Å²) in [6.07, 6.45) is -2.84. The normalized spacial score (nSPS) is 23.2. The van der Waals surface area contributed by atoms with Gasteiger partial charge in [0.15, 0.2) is 23.8 Å². The number of nitrogen functional groups attached to an aromatic ring is 1. The molecule has 1 amide bonds. The fourth-order valence-corrected chi connectivity index (χ4v) is 3.55. The van der Waals surface area contributed by atoms with Gasteiger partial charge in [0, 0.05) is 13.1 Å². The smallest absolute Gasteiger partial charge is 0.252 e. The lowest BCUT2D eigenvalue weighted by Gasteiger charge is -2.16. The molecule has 0 radical (unpaired) electrons. The van der Waals surface area contributed by atoms with Gasteiger partial charge in [-0.05, 0) is 18.9 Å². The predicted octanol–water partition coefficient (Wildman–Crippen LogP) is -0.182. The number of likely N-dealkylation sites (N-methyl/N-ethyl adjacent to an activating group) is 1. The summed E-state index contributed by atoms with van der Waals surface area (Å²) in [5, 5.41) is 26.5. The third-order valence-corrected chi connectivity index (χ3v) is 5.11. The molecule has 1 aromatic carbocycles. The molecule has 1 aliphatic rings. The Labute approximate surface area is 178 Å². The molecule has 3 heterocycles. The van der Waals surface area contributed by atoms with Crippen LogP contribution in [0.15, 0.2) is 36.7 Å². The molecule has 1 aliphatic heterocycles. The van der Waals surface area contributed by atoms with Crippen molar-refractivity contribution in [2.24, 2.45) is 0 Å². The number of aliphatic hydroxyl groups is 2. The van der Waals surface area contributed by atoms with Gasteiger partial charge in [0.1, 0.15) is 17.7 Å². The molecule has 164 valence electrons. The van der Waals surface area contributed by atoms with E-state index >= 15 is 0 Å². The zero-order valence-corrected chi connectivity index (χ0v) is 17.0. The van der Waals surface area contributed by atoms with E-state index in [9.17, 15) is 15.0 Å². The quantitative estimate of drug-likeness (QED) is 0.344. The summed E-state index contributed by atoms with van der Waals surface area (Å²) < 4.78 is 7.11. The van der Waals surface area contributed by atoms with Crippen LogP contribution >= 0.6 is 0 Å². The highest BCUT2D eigenvalue weighted by atomic mass is 16.6. The van der Waals surface area contributed by atoms with E-state index in [2.05, 4.69) is 25.6 Å². The monoisotopic (exact) mass is 427 g/mol. The van der Waals surface area contributed by atoms with Gasteiger partial charge < -0.3 is 31.3 Å². The van der Waals surface area contributed by atoms with E-state index in [1.807, 2.05) is 30.3 Å². The van der Waals surface area contributed by atoms with Crippen LogP contribution in [0.2, 0.25) is 0 Å². The molecular weight excluding hydrogens is 402 g/mol. The highest BCUT2D eigenvalue weighted by Gasteiger charge is 2.47. The van der Waals surface area contributed by atoms with Crippen molar-refractivity contribution >= 4 is 28.8 Å². The van der Waals surface area contributed by atoms with Crippen molar-refractivity contribution in [1.82, 2.24) is 24.8 Å². The number of ether oxygens (including phenoxy) is 1. The molecular formula is C20H25N7O4. The Morgan fingerprint density at radius 2 is 2.00 bits per heavy atom. The number of fused-ring (bicyclic) bond motifs is 1. The Kier molecular flexibility index (Phi) is 5.98. The summed E-state index contributed by atoms with van der Waals surface area (Å²) in [7, 11) is 0. The van der Waals surface area contributed by atoms with Crippen LogP contribution in [0.4, 0.5) is 11.8 Å². The van der Waals surface area contributed by atoms with E-state index in [0.717, 1.165) is 6.42 Å². The highest BCUT2D eigenvalue weighted by molar-refractivity contribution is 5.83. The van der Waals surface area contributed by atoms with Crippen molar-refractivity contribution in [3.05, 3.63) is 42.2 Å². The molecule has 1 unspecified atom stereocenters. The molecule has 11 heteroatoms. The maximum atomic E-state index is 12.1. The lowest BCUT2D eigenvalue weighted by atomic mass is 10.1. The molecule has 1 saturated heterocycles. The number of nitrogens with one attached hydrogen (secondary N) is 2. The van der Waals surface area contributed by atoms with Crippen LogP contribution in [0.25, 0.3) is 11.2 Å². The summed E-state index contributed by atoms with van der Waals surface area (Å²) >= 11 is 0. The van der Waals surface area contributed by atoms with Crippen molar-refractivity contribution in [2.75, 3.05) is 24.1 Å². The van der Waals surface area contributed by atoms with Crippen molar-refractivity contribution < 1.29 is 19.7 Å². The first-order valence-corrected chi connectivity index (χ1v) is 10.1. The molecule has 2 aromatic heterocycles. The molecule has 1 fully saturated rings. The number of nitrogens with zero attached hydrogens (tertiary/aromatic N) is 4. The standard InChI is InChI=1S/C20H25N7O4/c1-2-22-18(30)15-13(28)14(29)19(31-15)27-10-24-12-16(21)25-20(26-17(12)27)23-9-8-11-6-4-3-5-7-11/h3-7,10,13-15,19,28-29H,2,8-9H2,1H3,(H,22,30)(H3,21,23,25,26)/t13-,14+,15-,19?/m0/s1. The van der Waals surface area contributed by atoms with E-state index in [1.54, 1.807) is 6.92 Å². The number of carbonyl (C=O) groups is 1. The van der Waals surface area contributed by atoms with Gasteiger partial charge in [-0.15, -0.1) is 0 Å². The fourth-order valence-electron chi connectivity index (χ4n) is 3.55. The first-order chi connectivity index (χ1) is 15.0. The molecule has 31 heavy (non-hydrogen) atoms. The van der Waals surface area contributed by atoms with E-state index < -0.39 is 30.4 Å². The first kappa shape index (κ1) is 21.0. The number of rotatable bonds is 7. The van der Waals surface area contributed by atoms with Crippen LogP contribution in [0.5, 0.6) is 0 Å². The number of anilines is 2. The minimum Gasteiger partial charge on any atom is -0.387 e.